The van der Waals surface area contributed by atoms with Crippen molar-refractivity contribution in [3.63, 3.8) is 0 Å². The maximum atomic E-state index is 11.6. The molecular weight excluding hydrogens is 238 g/mol. The fourth-order valence-corrected chi connectivity index (χ4v) is 2.07. The van der Waals surface area contributed by atoms with Gasteiger partial charge in [0.05, 0.1) is 16.3 Å². The molecule has 0 radical (unpaired) electrons. The normalized spacial score (nSPS) is 19.3. The average molecular weight is 250 g/mol. The van der Waals surface area contributed by atoms with Crippen LogP contribution in [0.5, 0.6) is 0 Å². The number of anilines is 1. The topological polar surface area (TPSA) is 64.9 Å². The van der Waals surface area contributed by atoms with Crippen LogP contribution in [-0.4, -0.2) is 18.5 Å². The number of carbonyl (C=O) groups is 1. The van der Waals surface area contributed by atoms with E-state index in [1.54, 1.807) is 18.2 Å². The third kappa shape index (κ3) is 2.51. The van der Waals surface area contributed by atoms with Crippen LogP contribution in [0.15, 0.2) is 18.2 Å². The van der Waals surface area contributed by atoms with Crippen molar-refractivity contribution in [3.8, 4) is 6.07 Å². The fourth-order valence-electron chi connectivity index (χ4n) is 1.86. The van der Waals surface area contributed by atoms with Gasteiger partial charge in [0.1, 0.15) is 12.1 Å². The molecule has 1 heterocycles. The number of nitriles is 1. The van der Waals surface area contributed by atoms with Crippen LogP contribution in [0.1, 0.15) is 18.4 Å². The van der Waals surface area contributed by atoms with Gasteiger partial charge in [0.25, 0.3) is 0 Å². The minimum Gasteiger partial charge on any atom is -0.373 e. The van der Waals surface area contributed by atoms with Crippen molar-refractivity contribution in [2.45, 2.75) is 18.9 Å². The highest BCUT2D eigenvalue weighted by Crippen LogP contribution is 2.24. The second-order valence-corrected chi connectivity index (χ2v) is 4.31. The van der Waals surface area contributed by atoms with Gasteiger partial charge in [-0.2, -0.15) is 5.26 Å². The van der Waals surface area contributed by atoms with Crippen LogP contribution in [0.2, 0.25) is 5.02 Å². The Kier molecular flexibility index (Phi) is 3.50. The monoisotopic (exact) mass is 249 g/mol. The third-order valence-corrected chi connectivity index (χ3v) is 3.06. The quantitative estimate of drug-likeness (QED) is 0.841. The molecule has 1 aliphatic rings. The van der Waals surface area contributed by atoms with Crippen molar-refractivity contribution in [3.05, 3.63) is 28.8 Å². The van der Waals surface area contributed by atoms with Gasteiger partial charge in [0.15, 0.2) is 0 Å². The molecule has 88 valence electrons. The largest absolute Gasteiger partial charge is 0.373 e. The summed E-state index contributed by atoms with van der Waals surface area (Å²) in [6, 6.07) is 6.93. The van der Waals surface area contributed by atoms with Crippen molar-refractivity contribution in [1.29, 1.82) is 5.26 Å². The second-order valence-electron chi connectivity index (χ2n) is 3.90. The highest BCUT2D eigenvalue weighted by molar-refractivity contribution is 6.32. The Bertz CT molecular complexity index is 481. The summed E-state index contributed by atoms with van der Waals surface area (Å²) in [5.74, 6) is -0.0277. The van der Waals surface area contributed by atoms with E-state index in [1.165, 1.54) is 0 Å². The Labute approximate surface area is 105 Å². The molecule has 0 aromatic heterocycles. The lowest BCUT2D eigenvalue weighted by Gasteiger charge is -2.24. The minimum atomic E-state index is -0.283. The molecule has 17 heavy (non-hydrogen) atoms. The maximum absolute atomic E-state index is 11.6. The second kappa shape index (κ2) is 5.07. The number of carbonyl (C=O) groups excluding carboxylic acids is 1. The van der Waals surface area contributed by atoms with Crippen LogP contribution < -0.4 is 10.6 Å². The number of nitrogens with zero attached hydrogens (tertiary/aromatic N) is 1. The Morgan fingerprint density at radius 3 is 3.06 bits per heavy atom. The van der Waals surface area contributed by atoms with E-state index in [1.807, 2.05) is 6.07 Å². The van der Waals surface area contributed by atoms with Crippen LogP contribution >= 0.6 is 11.6 Å². The Morgan fingerprint density at radius 2 is 2.35 bits per heavy atom. The Hall–Kier alpha value is -1.73. The summed E-state index contributed by atoms with van der Waals surface area (Å²) in [4.78, 5) is 11.6. The summed E-state index contributed by atoms with van der Waals surface area (Å²) in [6.45, 7) is 0.720. The molecule has 2 N–H and O–H groups in total. The molecule has 1 aromatic carbocycles. The van der Waals surface area contributed by atoms with E-state index >= 15 is 0 Å². The van der Waals surface area contributed by atoms with Crippen molar-refractivity contribution in [2.75, 3.05) is 11.9 Å². The minimum absolute atomic E-state index is 0.0277. The molecule has 1 aliphatic heterocycles. The molecule has 1 aromatic rings. The molecule has 1 fully saturated rings. The molecule has 0 bridgehead atoms. The highest BCUT2D eigenvalue weighted by atomic mass is 35.5. The van der Waals surface area contributed by atoms with Crippen molar-refractivity contribution in [1.82, 2.24) is 5.32 Å². The van der Waals surface area contributed by atoms with E-state index < -0.39 is 0 Å². The Balaban J connectivity index is 2.21. The van der Waals surface area contributed by atoms with Crippen LogP contribution in [0, 0.1) is 11.3 Å². The zero-order valence-corrected chi connectivity index (χ0v) is 9.92. The molecule has 2 rings (SSSR count). The molecule has 4 nitrogen and oxygen atoms in total. The first-order valence-electron chi connectivity index (χ1n) is 5.45. The van der Waals surface area contributed by atoms with Gasteiger partial charge in [-0.15, -0.1) is 0 Å². The summed E-state index contributed by atoms with van der Waals surface area (Å²) in [5, 5.41) is 15.3. The molecule has 0 aliphatic carbocycles. The number of halogens is 1. The molecule has 1 amide bonds. The predicted molar refractivity (Wildman–Crippen MR) is 65.8 cm³/mol. The number of rotatable bonds is 2. The maximum Gasteiger partial charge on any atom is 0.242 e. The van der Waals surface area contributed by atoms with Gasteiger partial charge in [-0.1, -0.05) is 17.7 Å². The first kappa shape index (κ1) is 11.7. The smallest absolute Gasteiger partial charge is 0.242 e. The van der Waals surface area contributed by atoms with E-state index in [0.29, 0.717) is 16.3 Å². The summed E-state index contributed by atoms with van der Waals surface area (Å²) < 4.78 is 0. The van der Waals surface area contributed by atoms with Crippen LogP contribution in [0.25, 0.3) is 0 Å². The van der Waals surface area contributed by atoms with E-state index in [9.17, 15) is 4.79 Å². The molecule has 5 heteroatoms. The number of hydrogen-bond acceptors (Lipinski definition) is 3. The lowest BCUT2D eigenvalue weighted by molar-refractivity contribution is -0.123. The molecule has 1 unspecified atom stereocenters. The molecule has 0 spiro atoms. The SMILES string of the molecule is N#Cc1c(Cl)cccc1NC1CCCNC1=O. The first-order chi connectivity index (χ1) is 8.22. The van der Waals surface area contributed by atoms with Gasteiger partial charge in [0.2, 0.25) is 5.91 Å². The summed E-state index contributed by atoms with van der Waals surface area (Å²) in [6.07, 6.45) is 1.70. The number of piperidine rings is 1. The van der Waals surface area contributed by atoms with E-state index in [0.717, 1.165) is 19.4 Å². The van der Waals surface area contributed by atoms with Crippen LogP contribution in [0.4, 0.5) is 5.69 Å². The van der Waals surface area contributed by atoms with Crippen LogP contribution in [-0.2, 0) is 4.79 Å². The fraction of sp³-hybridized carbons (Fsp3) is 0.333. The van der Waals surface area contributed by atoms with Crippen molar-refractivity contribution < 1.29 is 4.79 Å². The lowest BCUT2D eigenvalue weighted by Crippen LogP contribution is -2.44. The van der Waals surface area contributed by atoms with Gasteiger partial charge in [-0.05, 0) is 25.0 Å². The van der Waals surface area contributed by atoms with E-state index in [4.69, 9.17) is 16.9 Å². The van der Waals surface area contributed by atoms with Crippen molar-refractivity contribution >= 4 is 23.2 Å². The summed E-state index contributed by atoms with van der Waals surface area (Å²) in [7, 11) is 0. The summed E-state index contributed by atoms with van der Waals surface area (Å²) >= 11 is 5.92. The third-order valence-electron chi connectivity index (χ3n) is 2.74. The van der Waals surface area contributed by atoms with Gasteiger partial charge in [-0.25, -0.2) is 0 Å². The zero-order valence-electron chi connectivity index (χ0n) is 9.16. The van der Waals surface area contributed by atoms with E-state index in [2.05, 4.69) is 10.6 Å². The van der Waals surface area contributed by atoms with Gasteiger partial charge >= 0.3 is 0 Å². The highest BCUT2D eigenvalue weighted by Gasteiger charge is 2.22. The molecular formula is C12H12ClN3O. The Morgan fingerprint density at radius 1 is 1.53 bits per heavy atom. The van der Waals surface area contributed by atoms with Crippen molar-refractivity contribution in [2.24, 2.45) is 0 Å². The summed E-state index contributed by atoms with van der Waals surface area (Å²) in [5.41, 5.74) is 0.995. The number of benzene rings is 1. The predicted octanol–water partition coefficient (Wildman–Crippen LogP) is 1.90. The van der Waals surface area contributed by atoms with E-state index in [-0.39, 0.29) is 11.9 Å². The molecule has 1 atom stereocenters. The average Bonchev–Trinajstić information content (AvgIpc) is 2.32. The van der Waals surface area contributed by atoms with Gasteiger partial charge in [-0.3, -0.25) is 4.79 Å². The number of hydrogen-bond donors (Lipinski definition) is 2. The zero-order chi connectivity index (χ0) is 12.3. The number of nitrogens with one attached hydrogen (secondary N) is 2. The number of amides is 1. The molecule has 1 saturated heterocycles. The van der Waals surface area contributed by atoms with Gasteiger partial charge in [0, 0.05) is 6.54 Å². The van der Waals surface area contributed by atoms with Gasteiger partial charge < -0.3 is 10.6 Å². The van der Waals surface area contributed by atoms with Crippen LogP contribution in [0.3, 0.4) is 0 Å². The standard InChI is InChI=1S/C12H12ClN3O/c13-9-3-1-4-10(8(9)7-14)16-11-5-2-6-15-12(11)17/h1,3-4,11,16H,2,5-6H2,(H,15,17). The first-order valence-corrected chi connectivity index (χ1v) is 5.83. The molecule has 0 saturated carbocycles. The lowest BCUT2D eigenvalue weighted by atomic mass is 10.1.